The molecule has 0 saturated carbocycles. The lowest BCUT2D eigenvalue weighted by molar-refractivity contribution is -0.120. The summed E-state index contributed by atoms with van der Waals surface area (Å²) in [6.07, 6.45) is 3.19. The molecule has 0 aliphatic rings. The number of aryl methyl sites for hydroxylation is 1. The first kappa shape index (κ1) is 22.2. The van der Waals surface area contributed by atoms with Crippen LogP contribution in [0.4, 0.5) is 4.79 Å². The van der Waals surface area contributed by atoms with Gasteiger partial charge in [-0.3, -0.25) is 9.59 Å². The third-order valence-electron chi connectivity index (χ3n) is 3.24. The molecule has 1 rings (SSSR count). The van der Waals surface area contributed by atoms with Crippen molar-refractivity contribution in [1.29, 1.82) is 0 Å². The molecule has 148 valence electrons. The van der Waals surface area contributed by atoms with E-state index in [0.29, 0.717) is 19.5 Å². The minimum absolute atomic E-state index is 0.152. The summed E-state index contributed by atoms with van der Waals surface area (Å²) in [4.78, 5) is 34.8. The molecular weight excluding hydrogens is 346 g/mol. The summed E-state index contributed by atoms with van der Waals surface area (Å²) in [5.74, 6) is -0.499. The minimum Gasteiger partial charge on any atom is -0.444 e. The molecule has 0 saturated heterocycles. The fraction of sp³-hybridized carbons (Fsp3) is 0.450. The first-order valence-corrected chi connectivity index (χ1v) is 8.92. The SMILES string of the molecule is Cc1cccc(/C=C/C(=O)NCCCNC(=O)CNC(=O)OC(C)(C)C)c1. The first-order chi connectivity index (χ1) is 12.7. The van der Waals surface area contributed by atoms with Crippen molar-refractivity contribution >= 4 is 24.0 Å². The van der Waals surface area contributed by atoms with E-state index in [9.17, 15) is 14.4 Å². The third-order valence-corrected chi connectivity index (χ3v) is 3.24. The van der Waals surface area contributed by atoms with Gasteiger partial charge in [0, 0.05) is 19.2 Å². The first-order valence-electron chi connectivity index (χ1n) is 8.92. The monoisotopic (exact) mass is 375 g/mol. The van der Waals surface area contributed by atoms with Crippen LogP contribution in [0.25, 0.3) is 6.08 Å². The number of benzene rings is 1. The third kappa shape index (κ3) is 11.4. The number of alkyl carbamates (subject to hydrolysis) is 1. The predicted molar refractivity (Wildman–Crippen MR) is 105 cm³/mol. The van der Waals surface area contributed by atoms with E-state index in [1.165, 1.54) is 6.08 Å². The van der Waals surface area contributed by atoms with Gasteiger partial charge in [0.1, 0.15) is 5.60 Å². The van der Waals surface area contributed by atoms with Gasteiger partial charge >= 0.3 is 6.09 Å². The molecule has 27 heavy (non-hydrogen) atoms. The number of carbonyl (C=O) groups is 3. The maximum absolute atomic E-state index is 11.7. The van der Waals surface area contributed by atoms with Crippen LogP contribution >= 0.6 is 0 Å². The Balaban J connectivity index is 2.13. The van der Waals surface area contributed by atoms with Crippen molar-refractivity contribution < 1.29 is 19.1 Å². The molecule has 0 atom stereocenters. The summed E-state index contributed by atoms with van der Waals surface area (Å²) < 4.78 is 5.03. The van der Waals surface area contributed by atoms with Crippen molar-refractivity contribution in [2.45, 2.75) is 39.7 Å². The maximum Gasteiger partial charge on any atom is 0.408 e. The average Bonchev–Trinajstić information content (AvgIpc) is 2.56. The molecular formula is C20H29N3O4. The van der Waals surface area contributed by atoms with E-state index >= 15 is 0 Å². The molecule has 0 unspecified atom stereocenters. The van der Waals surface area contributed by atoms with Gasteiger partial charge in [0.05, 0.1) is 6.54 Å². The lowest BCUT2D eigenvalue weighted by Gasteiger charge is -2.19. The second-order valence-electron chi connectivity index (χ2n) is 7.10. The summed E-state index contributed by atoms with van der Waals surface area (Å²) in [5.41, 5.74) is 1.50. The summed E-state index contributed by atoms with van der Waals surface area (Å²) in [7, 11) is 0. The molecule has 0 aromatic heterocycles. The fourth-order valence-corrected chi connectivity index (χ4v) is 2.06. The molecule has 0 spiro atoms. The van der Waals surface area contributed by atoms with Crippen LogP contribution in [-0.4, -0.2) is 43.1 Å². The van der Waals surface area contributed by atoms with Crippen molar-refractivity contribution in [1.82, 2.24) is 16.0 Å². The largest absolute Gasteiger partial charge is 0.444 e. The zero-order valence-electron chi connectivity index (χ0n) is 16.4. The zero-order valence-corrected chi connectivity index (χ0v) is 16.4. The minimum atomic E-state index is -0.634. The van der Waals surface area contributed by atoms with E-state index in [2.05, 4.69) is 16.0 Å². The second-order valence-corrected chi connectivity index (χ2v) is 7.10. The van der Waals surface area contributed by atoms with Gasteiger partial charge in [-0.25, -0.2) is 4.79 Å². The Labute approximate surface area is 160 Å². The van der Waals surface area contributed by atoms with E-state index in [1.54, 1.807) is 26.8 Å². The number of hydrogen-bond donors (Lipinski definition) is 3. The molecule has 0 bridgehead atoms. The Morgan fingerprint density at radius 3 is 2.44 bits per heavy atom. The van der Waals surface area contributed by atoms with Gasteiger partial charge in [0.25, 0.3) is 0 Å². The standard InChI is InChI=1S/C20H29N3O4/c1-15-7-5-8-16(13-15)9-10-17(24)21-11-6-12-22-18(25)14-23-19(26)27-20(2,3)4/h5,7-10,13H,6,11-12,14H2,1-4H3,(H,21,24)(H,22,25)(H,23,26)/b10-9+. The smallest absolute Gasteiger partial charge is 0.408 e. The summed E-state index contributed by atoms with van der Waals surface area (Å²) in [6.45, 7) is 7.92. The number of nitrogens with one attached hydrogen (secondary N) is 3. The van der Waals surface area contributed by atoms with Gasteiger partial charge in [0.2, 0.25) is 11.8 Å². The van der Waals surface area contributed by atoms with Crippen LogP contribution in [0, 0.1) is 6.92 Å². The van der Waals surface area contributed by atoms with Crippen LogP contribution in [0.1, 0.15) is 38.3 Å². The zero-order chi connectivity index (χ0) is 20.3. The van der Waals surface area contributed by atoms with Crippen LogP contribution in [0.2, 0.25) is 0 Å². The molecule has 1 aromatic rings. The van der Waals surface area contributed by atoms with E-state index in [4.69, 9.17) is 4.74 Å². The fourth-order valence-electron chi connectivity index (χ4n) is 2.06. The van der Waals surface area contributed by atoms with Gasteiger partial charge in [0.15, 0.2) is 0 Å². The lowest BCUT2D eigenvalue weighted by atomic mass is 10.1. The lowest BCUT2D eigenvalue weighted by Crippen LogP contribution is -2.40. The molecule has 0 aliphatic carbocycles. The van der Waals surface area contributed by atoms with Crippen LogP contribution < -0.4 is 16.0 Å². The molecule has 3 amide bonds. The number of hydrogen-bond acceptors (Lipinski definition) is 4. The van der Waals surface area contributed by atoms with Crippen molar-refractivity contribution in [3.05, 3.63) is 41.5 Å². The van der Waals surface area contributed by atoms with Gasteiger partial charge < -0.3 is 20.7 Å². The average molecular weight is 375 g/mol. The Bertz CT molecular complexity index is 678. The highest BCUT2D eigenvalue weighted by atomic mass is 16.6. The van der Waals surface area contributed by atoms with Crippen LogP contribution in [0.3, 0.4) is 0 Å². The van der Waals surface area contributed by atoms with Crippen molar-refractivity contribution in [3.63, 3.8) is 0 Å². The van der Waals surface area contributed by atoms with Gasteiger partial charge in [-0.2, -0.15) is 0 Å². The number of ether oxygens (including phenoxy) is 1. The summed E-state index contributed by atoms with van der Waals surface area (Å²) >= 11 is 0. The molecule has 0 aliphatic heterocycles. The maximum atomic E-state index is 11.7. The van der Waals surface area contributed by atoms with Gasteiger partial charge in [-0.15, -0.1) is 0 Å². The Hall–Kier alpha value is -2.83. The van der Waals surface area contributed by atoms with Crippen molar-refractivity contribution in [3.8, 4) is 0 Å². The van der Waals surface area contributed by atoms with Crippen LogP contribution in [-0.2, 0) is 14.3 Å². The van der Waals surface area contributed by atoms with Gasteiger partial charge in [-0.05, 0) is 45.8 Å². The molecule has 0 fully saturated rings. The molecule has 0 heterocycles. The normalized spacial score (nSPS) is 11.1. The van der Waals surface area contributed by atoms with Crippen molar-refractivity contribution in [2.24, 2.45) is 0 Å². The van der Waals surface area contributed by atoms with E-state index < -0.39 is 11.7 Å². The van der Waals surface area contributed by atoms with Crippen LogP contribution in [0.15, 0.2) is 30.3 Å². The topological polar surface area (TPSA) is 96.5 Å². The molecule has 0 radical (unpaired) electrons. The van der Waals surface area contributed by atoms with E-state index in [1.807, 2.05) is 31.2 Å². The van der Waals surface area contributed by atoms with Crippen molar-refractivity contribution in [2.75, 3.05) is 19.6 Å². The molecule has 3 N–H and O–H groups in total. The summed E-state index contributed by atoms with van der Waals surface area (Å²) in [5, 5.41) is 7.79. The van der Waals surface area contributed by atoms with Gasteiger partial charge in [-0.1, -0.05) is 29.8 Å². The number of carbonyl (C=O) groups excluding carboxylic acids is 3. The predicted octanol–water partition coefficient (Wildman–Crippen LogP) is 2.16. The van der Waals surface area contributed by atoms with E-state index in [-0.39, 0.29) is 18.4 Å². The Morgan fingerprint density at radius 1 is 1.07 bits per heavy atom. The quantitative estimate of drug-likeness (QED) is 0.479. The summed E-state index contributed by atoms with van der Waals surface area (Å²) in [6, 6.07) is 7.85. The number of amides is 3. The van der Waals surface area contributed by atoms with Crippen LogP contribution in [0.5, 0.6) is 0 Å². The Kier molecular flexibility index (Phi) is 9.05. The second kappa shape index (κ2) is 11.0. The highest BCUT2D eigenvalue weighted by Crippen LogP contribution is 2.06. The number of rotatable bonds is 8. The van der Waals surface area contributed by atoms with E-state index in [0.717, 1.165) is 11.1 Å². The Morgan fingerprint density at radius 2 is 1.78 bits per heavy atom. The molecule has 7 heteroatoms. The molecule has 1 aromatic carbocycles. The highest BCUT2D eigenvalue weighted by molar-refractivity contribution is 5.91. The molecule has 7 nitrogen and oxygen atoms in total. The highest BCUT2D eigenvalue weighted by Gasteiger charge is 2.16.